The molecule has 0 radical (unpaired) electrons. The maximum absolute atomic E-state index is 12.3. The third-order valence-electron chi connectivity index (χ3n) is 5.31. The number of thiazole rings is 1. The molecule has 10 heteroatoms. The number of hydrogen-bond acceptors (Lipinski definition) is 6. The highest BCUT2D eigenvalue weighted by Gasteiger charge is 2.18. The van der Waals surface area contributed by atoms with Gasteiger partial charge in [0.1, 0.15) is 11.0 Å². The van der Waals surface area contributed by atoms with Crippen molar-refractivity contribution in [2.45, 2.75) is 32.5 Å². The summed E-state index contributed by atoms with van der Waals surface area (Å²) in [6.45, 7) is 3.92. The van der Waals surface area contributed by atoms with Crippen molar-refractivity contribution < 1.29 is 18.5 Å². The van der Waals surface area contributed by atoms with Crippen molar-refractivity contribution in [2.75, 3.05) is 18.1 Å². The molecule has 3 aromatic rings. The van der Waals surface area contributed by atoms with Gasteiger partial charge in [0.2, 0.25) is 5.91 Å². The second kappa shape index (κ2) is 10.5. The highest BCUT2D eigenvalue weighted by molar-refractivity contribution is 7.82. The minimum absolute atomic E-state index is 0.0829. The Kier molecular flexibility index (Phi) is 7.40. The van der Waals surface area contributed by atoms with Gasteiger partial charge < -0.3 is 15.4 Å². The fraction of sp³-hybridized carbons (Fsp3) is 0.292. The lowest BCUT2D eigenvalue weighted by Gasteiger charge is -2.25. The smallest absolute Gasteiger partial charge is 0.253 e. The third-order valence-corrected chi connectivity index (χ3v) is 6.88. The van der Waals surface area contributed by atoms with Crippen LogP contribution in [0.5, 0.6) is 0 Å². The van der Waals surface area contributed by atoms with Crippen molar-refractivity contribution in [1.29, 1.82) is 0 Å². The number of hydrogen-bond donors (Lipinski definition) is 2. The number of anilines is 1. The summed E-state index contributed by atoms with van der Waals surface area (Å²) in [5.74, 6) is -0.793. The molecule has 0 aliphatic carbocycles. The molecule has 0 saturated carbocycles. The summed E-state index contributed by atoms with van der Waals surface area (Å²) in [6, 6.07) is 9.74. The number of amides is 2. The fourth-order valence-corrected chi connectivity index (χ4v) is 5.00. The number of ether oxygens (including phenoxy) is 1. The molecule has 8 nitrogen and oxygen atoms in total. The maximum atomic E-state index is 12.3. The molecular weight excluding hydrogens is 472 g/mol. The maximum Gasteiger partial charge on any atom is 0.253 e. The molecule has 3 heterocycles. The van der Waals surface area contributed by atoms with E-state index < -0.39 is 16.9 Å². The fourth-order valence-electron chi connectivity index (χ4n) is 3.77. The summed E-state index contributed by atoms with van der Waals surface area (Å²) >= 11 is 1.32. The van der Waals surface area contributed by atoms with E-state index in [1.165, 1.54) is 33.3 Å². The van der Waals surface area contributed by atoms with E-state index in [1.54, 1.807) is 12.3 Å². The molecule has 2 amide bonds. The topological polar surface area (TPSA) is 102 Å². The number of carbonyl (C=O) groups excluding carboxylic acids is 2. The average molecular weight is 499 g/mol. The van der Waals surface area contributed by atoms with Crippen LogP contribution in [0.15, 0.2) is 54.2 Å². The van der Waals surface area contributed by atoms with Crippen LogP contribution < -0.4 is 10.6 Å². The van der Waals surface area contributed by atoms with Crippen LogP contribution in [-0.4, -0.2) is 50.0 Å². The van der Waals surface area contributed by atoms with Gasteiger partial charge in [-0.1, -0.05) is 24.3 Å². The predicted octanol–water partition coefficient (Wildman–Crippen LogP) is 3.70. The first kappa shape index (κ1) is 24.1. The monoisotopic (exact) mass is 498 g/mol. The second-order valence-corrected chi connectivity index (χ2v) is 10.2. The van der Waals surface area contributed by atoms with Crippen molar-refractivity contribution in [3.05, 3.63) is 65.3 Å². The van der Waals surface area contributed by atoms with E-state index >= 15 is 0 Å². The van der Waals surface area contributed by atoms with Crippen LogP contribution in [0, 0.1) is 0 Å². The molecule has 1 aliphatic rings. The third kappa shape index (κ3) is 5.88. The highest BCUT2D eigenvalue weighted by Crippen LogP contribution is 2.31. The Morgan fingerprint density at radius 3 is 2.79 bits per heavy atom. The summed E-state index contributed by atoms with van der Waals surface area (Å²) in [5.41, 5.74) is 4.47. The van der Waals surface area contributed by atoms with E-state index in [1.807, 2.05) is 24.4 Å². The van der Waals surface area contributed by atoms with E-state index in [9.17, 15) is 13.8 Å². The van der Waals surface area contributed by atoms with Gasteiger partial charge in [-0.05, 0) is 43.5 Å². The molecule has 3 atom stereocenters. The number of aromatic nitrogens is 2. The van der Waals surface area contributed by atoms with Crippen molar-refractivity contribution in [2.24, 2.45) is 0 Å². The van der Waals surface area contributed by atoms with Gasteiger partial charge in [-0.3, -0.25) is 13.6 Å². The predicted molar refractivity (Wildman–Crippen MR) is 135 cm³/mol. The van der Waals surface area contributed by atoms with Crippen molar-refractivity contribution in [3.8, 4) is 11.3 Å². The molecule has 34 heavy (non-hydrogen) atoms. The first-order valence-corrected chi connectivity index (χ1v) is 13.2. The van der Waals surface area contributed by atoms with Gasteiger partial charge in [0.25, 0.3) is 5.91 Å². The average Bonchev–Trinajstić information content (AvgIpc) is 3.47. The van der Waals surface area contributed by atoms with E-state index in [2.05, 4.69) is 40.8 Å². The largest absolute Gasteiger partial charge is 0.371 e. The Hall–Kier alpha value is -3.08. The summed E-state index contributed by atoms with van der Waals surface area (Å²) in [5, 5.41) is 7.63. The molecule has 2 aromatic heterocycles. The Morgan fingerprint density at radius 1 is 1.26 bits per heavy atom. The highest BCUT2D eigenvalue weighted by atomic mass is 32.2. The lowest BCUT2D eigenvalue weighted by atomic mass is 9.95. The minimum atomic E-state index is -1.24. The molecule has 1 aliphatic heterocycles. The molecule has 2 N–H and O–H groups in total. The first-order chi connectivity index (χ1) is 16.3. The van der Waals surface area contributed by atoms with Crippen LogP contribution in [0.1, 0.15) is 36.2 Å². The summed E-state index contributed by atoms with van der Waals surface area (Å²) in [4.78, 5) is 29.0. The van der Waals surface area contributed by atoms with Gasteiger partial charge >= 0.3 is 0 Å². The van der Waals surface area contributed by atoms with Crippen molar-refractivity contribution in [3.63, 3.8) is 0 Å². The van der Waals surface area contributed by atoms with E-state index in [0.717, 1.165) is 23.2 Å². The number of benzene rings is 1. The van der Waals surface area contributed by atoms with Gasteiger partial charge in [-0.25, -0.2) is 9.19 Å². The zero-order valence-corrected chi connectivity index (χ0v) is 20.7. The SMILES string of the molecule is C[C@@H]1CC(c2cccc(-c3csc(NC(=O)CNC(=O)c4ccn(S(C)=O)c4)n3)c2)=C[C@H](C)O1. The quantitative estimate of drug-likeness (QED) is 0.517. The molecule has 4 rings (SSSR count). The molecular formula is C24H26N4O4S2. The van der Waals surface area contributed by atoms with E-state index in [0.29, 0.717) is 10.7 Å². The van der Waals surface area contributed by atoms with Crippen LogP contribution in [0.3, 0.4) is 0 Å². The van der Waals surface area contributed by atoms with Gasteiger partial charge in [0.15, 0.2) is 5.13 Å². The van der Waals surface area contributed by atoms with Crippen molar-refractivity contribution in [1.82, 2.24) is 14.3 Å². The van der Waals surface area contributed by atoms with Gasteiger partial charge in [-0.15, -0.1) is 11.3 Å². The van der Waals surface area contributed by atoms with Crippen LogP contribution in [0.25, 0.3) is 16.8 Å². The summed E-state index contributed by atoms with van der Waals surface area (Å²) in [7, 11) is -1.24. The van der Waals surface area contributed by atoms with Crippen LogP contribution >= 0.6 is 11.3 Å². The zero-order valence-electron chi connectivity index (χ0n) is 19.1. The Bertz CT molecular complexity index is 1260. The number of rotatable bonds is 7. The molecule has 1 aromatic carbocycles. The van der Waals surface area contributed by atoms with Crippen LogP contribution in [0.4, 0.5) is 5.13 Å². The number of nitrogens with zero attached hydrogens (tertiary/aromatic N) is 2. The van der Waals surface area contributed by atoms with Crippen molar-refractivity contribution >= 4 is 44.8 Å². The summed E-state index contributed by atoms with van der Waals surface area (Å²) < 4.78 is 18.7. The molecule has 178 valence electrons. The lowest BCUT2D eigenvalue weighted by molar-refractivity contribution is -0.115. The summed E-state index contributed by atoms with van der Waals surface area (Å²) in [6.07, 6.45) is 7.81. The molecule has 1 unspecified atom stereocenters. The molecule has 0 spiro atoms. The zero-order chi connectivity index (χ0) is 24.2. The second-order valence-electron chi connectivity index (χ2n) is 8.08. The standard InChI is InChI=1S/C24H26N4O4S2/c1-15-9-20(10-16(2)32-15)17-5-4-6-18(11-17)21-14-33-24(26-21)27-22(29)12-25-23(30)19-7-8-28(13-19)34(3)31/h4-9,11,13-16H,10,12H2,1-3H3,(H,25,30)(H,26,27,29)/t15-,16+,34?/m0/s1. The number of nitrogens with one attached hydrogen (secondary N) is 2. The molecule has 0 fully saturated rings. The molecule has 0 saturated heterocycles. The van der Waals surface area contributed by atoms with Crippen LogP contribution in [-0.2, 0) is 20.5 Å². The minimum Gasteiger partial charge on any atom is -0.371 e. The van der Waals surface area contributed by atoms with Gasteiger partial charge in [0, 0.05) is 29.6 Å². The Balaban J connectivity index is 1.36. The normalized spacial score (nSPS) is 18.7. The van der Waals surface area contributed by atoms with Gasteiger partial charge in [-0.2, -0.15) is 0 Å². The van der Waals surface area contributed by atoms with E-state index in [-0.39, 0.29) is 24.7 Å². The Labute approximate surface area is 204 Å². The lowest BCUT2D eigenvalue weighted by Crippen LogP contribution is -2.32. The Morgan fingerprint density at radius 2 is 2.06 bits per heavy atom. The van der Waals surface area contributed by atoms with Crippen LogP contribution in [0.2, 0.25) is 0 Å². The first-order valence-electron chi connectivity index (χ1n) is 10.8. The van der Waals surface area contributed by atoms with Gasteiger partial charge in [0.05, 0.1) is 30.0 Å². The molecule has 0 bridgehead atoms. The van der Waals surface area contributed by atoms with E-state index in [4.69, 9.17) is 4.74 Å². The number of carbonyl (C=O) groups is 2.